The van der Waals surface area contributed by atoms with Crippen molar-refractivity contribution in [3.8, 4) is 0 Å². The van der Waals surface area contributed by atoms with E-state index in [-0.39, 0.29) is 12.0 Å². The first-order valence-electron chi connectivity index (χ1n) is 9.06. The molecule has 2 aromatic carbocycles. The van der Waals surface area contributed by atoms with Crippen LogP contribution in [0.25, 0.3) is 0 Å². The van der Waals surface area contributed by atoms with Crippen LogP contribution in [-0.4, -0.2) is 55.0 Å². The summed E-state index contributed by atoms with van der Waals surface area (Å²) >= 11 is 0. The first-order valence-corrected chi connectivity index (χ1v) is 12.3. The number of urea groups is 1. The van der Waals surface area contributed by atoms with Gasteiger partial charge in [0.15, 0.2) is 0 Å². The molecule has 0 aromatic heterocycles. The molecule has 0 radical (unpaired) electrons. The van der Waals surface area contributed by atoms with E-state index in [1.165, 1.54) is 7.11 Å². The molecule has 2 aromatic rings. The average Bonchev–Trinajstić information content (AvgIpc) is 2.92. The van der Waals surface area contributed by atoms with Crippen LogP contribution in [0.2, 0.25) is 0 Å². The van der Waals surface area contributed by atoms with Crippen molar-refractivity contribution in [3.05, 3.63) is 71.8 Å². The number of benzene rings is 2. The summed E-state index contributed by atoms with van der Waals surface area (Å²) in [6.45, 7) is 1.58. The number of hydrogen-bond acceptors (Lipinski definition) is 3. The van der Waals surface area contributed by atoms with E-state index in [0.29, 0.717) is 6.16 Å². The number of rotatable bonds is 3. The van der Waals surface area contributed by atoms with Crippen molar-refractivity contribution in [1.29, 1.82) is 0 Å². The molecular weight excluding hydrogens is 359 g/mol. The van der Waals surface area contributed by atoms with Crippen LogP contribution in [0.3, 0.4) is 0 Å². The molecule has 2 aliphatic rings. The van der Waals surface area contributed by atoms with Crippen LogP contribution in [0.1, 0.15) is 11.1 Å². The summed E-state index contributed by atoms with van der Waals surface area (Å²) < 4.78 is 9.13. The Balaban J connectivity index is 2.09. The zero-order valence-corrected chi connectivity index (χ0v) is 17.0. The fourth-order valence-electron chi connectivity index (χ4n) is 5.02. The standard InChI is InChI=1S/C21H25N2O3P/c1-22-20(25)23-21(16-11-7-5-8-12-16,17-13-9-6-10-14-17)18(19(24)26-2)15-27(22,23,3)4/h5-14,18H,15H2,1-4H3/t18-/m0/s1. The molecular formula is C21H25N2O3P. The summed E-state index contributed by atoms with van der Waals surface area (Å²) in [7, 11) is 3.28. The molecule has 142 valence electrons. The van der Waals surface area contributed by atoms with Gasteiger partial charge in [0.2, 0.25) is 0 Å². The molecule has 2 heterocycles. The first kappa shape index (κ1) is 18.0. The number of hydrogen-bond donors (Lipinski definition) is 0. The van der Waals surface area contributed by atoms with E-state index in [2.05, 4.69) is 13.3 Å². The Morgan fingerprint density at radius 2 is 1.52 bits per heavy atom. The van der Waals surface area contributed by atoms with Gasteiger partial charge in [-0.3, -0.25) is 0 Å². The van der Waals surface area contributed by atoms with E-state index >= 15 is 0 Å². The second-order valence-corrected chi connectivity index (χ2v) is 14.0. The van der Waals surface area contributed by atoms with Gasteiger partial charge in [-0.1, -0.05) is 0 Å². The molecule has 0 N–H and O–H groups in total. The molecule has 1 atom stereocenters. The number of methoxy groups -OCH3 is 1. The Bertz CT molecular complexity index is 874. The SMILES string of the molecule is COC(=O)[C@@H]1CP2(C)(C)N(C)C(=O)N2C1(c1ccccc1)c1ccccc1. The molecule has 2 fully saturated rings. The van der Waals surface area contributed by atoms with Crippen molar-refractivity contribution in [3.63, 3.8) is 0 Å². The van der Waals surface area contributed by atoms with E-state index in [0.717, 1.165) is 11.1 Å². The molecule has 0 spiro atoms. The number of nitrogens with zero attached hydrogens (tertiary/aromatic N) is 2. The summed E-state index contributed by atoms with van der Waals surface area (Å²) in [5, 5.41) is 0. The third-order valence-electron chi connectivity index (χ3n) is 6.50. The molecule has 0 aliphatic carbocycles. The van der Waals surface area contributed by atoms with E-state index in [4.69, 9.17) is 4.74 Å². The molecule has 0 saturated carbocycles. The van der Waals surface area contributed by atoms with Gasteiger partial charge in [-0.25, -0.2) is 0 Å². The minimum absolute atomic E-state index is 0.0308. The monoisotopic (exact) mass is 384 g/mol. The molecule has 2 aliphatic heterocycles. The van der Waals surface area contributed by atoms with E-state index < -0.39 is 18.4 Å². The van der Waals surface area contributed by atoms with Crippen LogP contribution in [0, 0.1) is 5.92 Å². The Kier molecular flexibility index (Phi) is 3.70. The van der Waals surface area contributed by atoms with Gasteiger partial charge in [-0.05, 0) is 0 Å². The van der Waals surface area contributed by atoms with Gasteiger partial charge in [-0.15, -0.1) is 0 Å². The summed E-state index contributed by atoms with van der Waals surface area (Å²) in [4.78, 5) is 26.2. The zero-order valence-electron chi connectivity index (χ0n) is 16.1. The maximum atomic E-state index is 13.2. The second kappa shape index (κ2) is 5.56. The Morgan fingerprint density at radius 3 is 1.96 bits per heavy atom. The van der Waals surface area contributed by atoms with Crippen LogP contribution < -0.4 is 0 Å². The van der Waals surface area contributed by atoms with E-state index in [9.17, 15) is 9.59 Å². The number of carbonyl (C=O) groups excluding carboxylic acids is 2. The van der Waals surface area contributed by atoms with Crippen molar-refractivity contribution in [2.75, 3.05) is 33.6 Å². The van der Waals surface area contributed by atoms with Gasteiger partial charge >= 0.3 is 159 Å². The van der Waals surface area contributed by atoms with Crippen LogP contribution >= 0.6 is 6.90 Å². The fourth-order valence-corrected chi connectivity index (χ4v) is 9.71. The number of esters is 1. The number of fused-ring (bicyclic) bond motifs is 1. The molecule has 2 saturated heterocycles. The summed E-state index contributed by atoms with van der Waals surface area (Å²) in [6, 6.07) is 19.7. The number of carbonyl (C=O) groups is 2. The van der Waals surface area contributed by atoms with Crippen molar-refractivity contribution in [2.45, 2.75) is 5.54 Å². The van der Waals surface area contributed by atoms with Crippen molar-refractivity contribution in [1.82, 2.24) is 9.34 Å². The Labute approximate surface area is 159 Å². The molecule has 6 heteroatoms. The van der Waals surface area contributed by atoms with Crippen molar-refractivity contribution >= 4 is 18.9 Å². The third-order valence-corrected chi connectivity index (χ3v) is 11.7. The molecule has 27 heavy (non-hydrogen) atoms. The average molecular weight is 384 g/mol. The van der Waals surface area contributed by atoms with Gasteiger partial charge in [0.05, 0.1) is 0 Å². The van der Waals surface area contributed by atoms with E-state index in [1.54, 1.807) is 0 Å². The topological polar surface area (TPSA) is 49.9 Å². The number of ether oxygens (including phenoxy) is 1. The normalized spacial score (nSPS) is 25.7. The Hall–Kier alpha value is -2.39. The molecule has 2 amide bonds. The van der Waals surface area contributed by atoms with Crippen molar-refractivity contribution < 1.29 is 14.3 Å². The third kappa shape index (κ3) is 2.03. The second-order valence-electron chi connectivity index (χ2n) is 8.13. The van der Waals surface area contributed by atoms with Gasteiger partial charge in [-0.2, -0.15) is 0 Å². The fraction of sp³-hybridized carbons (Fsp3) is 0.333. The summed E-state index contributed by atoms with van der Waals surface area (Å²) in [5.41, 5.74) is 1.03. The van der Waals surface area contributed by atoms with Crippen LogP contribution in [0.4, 0.5) is 4.79 Å². The summed E-state index contributed by atoms with van der Waals surface area (Å²) in [6.07, 6.45) is 0.615. The maximum absolute atomic E-state index is 13.2. The van der Waals surface area contributed by atoms with Gasteiger partial charge < -0.3 is 0 Å². The van der Waals surface area contributed by atoms with Crippen LogP contribution in [-0.2, 0) is 15.1 Å². The molecule has 4 rings (SSSR count). The first-order chi connectivity index (χ1) is 12.8. The summed E-state index contributed by atoms with van der Waals surface area (Å²) in [5.74, 6) is -0.736. The van der Waals surface area contributed by atoms with Gasteiger partial charge in [0.1, 0.15) is 0 Å². The Morgan fingerprint density at radius 1 is 1.04 bits per heavy atom. The van der Waals surface area contributed by atoms with Crippen LogP contribution in [0.5, 0.6) is 0 Å². The molecule has 0 bridgehead atoms. The predicted molar refractivity (Wildman–Crippen MR) is 108 cm³/mol. The van der Waals surface area contributed by atoms with Gasteiger partial charge in [0, 0.05) is 0 Å². The molecule has 5 nitrogen and oxygen atoms in total. The van der Waals surface area contributed by atoms with Crippen molar-refractivity contribution in [2.24, 2.45) is 5.92 Å². The van der Waals surface area contributed by atoms with E-state index in [1.807, 2.05) is 77.1 Å². The van der Waals surface area contributed by atoms with Crippen LogP contribution in [0.15, 0.2) is 60.7 Å². The van der Waals surface area contributed by atoms with Gasteiger partial charge in [0.25, 0.3) is 0 Å². The quantitative estimate of drug-likeness (QED) is 0.598. The molecule has 0 unspecified atom stereocenters. The predicted octanol–water partition coefficient (Wildman–Crippen LogP) is 3.74. The number of amides is 2. The zero-order chi connectivity index (χ0) is 19.5. The minimum atomic E-state index is -2.75.